The van der Waals surface area contributed by atoms with Crippen LogP contribution in [0.2, 0.25) is 0 Å². The minimum atomic E-state index is -0.942. The van der Waals surface area contributed by atoms with E-state index in [9.17, 15) is 14.4 Å². The Bertz CT molecular complexity index is 720. The highest BCUT2D eigenvalue weighted by Gasteiger charge is 2.23. The van der Waals surface area contributed by atoms with E-state index in [0.29, 0.717) is 26.2 Å². The molecule has 2 amide bonds. The molecule has 0 saturated carbocycles. The summed E-state index contributed by atoms with van der Waals surface area (Å²) in [4.78, 5) is 38.5. The number of esters is 1. The second-order valence-electron chi connectivity index (χ2n) is 7.11. The van der Waals surface area contributed by atoms with Gasteiger partial charge in [0.25, 0.3) is 0 Å². The molecule has 2 rings (SSSR count). The lowest BCUT2D eigenvalue weighted by Crippen LogP contribution is -2.48. The van der Waals surface area contributed by atoms with Gasteiger partial charge < -0.3 is 24.4 Å². The molecule has 1 heterocycles. The average molecular weight is 379 g/mol. The highest BCUT2D eigenvalue weighted by atomic mass is 16.6. The Balaban J connectivity index is 2.22. The van der Waals surface area contributed by atoms with Crippen molar-refractivity contribution < 1.29 is 29.0 Å². The maximum atomic E-state index is 12.1. The van der Waals surface area contributed by atoms with Gasteiger partial charge in [-0.15, -0.1) is 0 Å². The van der Waals surface area contributed by atoms with Gasteiger partial charge in [0, 0.05) is 31.9 Å². The van der Waals surface area contributed by atoms with E-state index >= 15 is 0 Å². The van der Waals surface area contributed by atoms with Gasteiger partial charge in [-0.25, -0.2) is 14.4 Å². The molecule has 0 aliphatic carbocycles. The van der Waals surface area contributed by atoms with Crippen LogP contribution in [0.25, 0.3) is 0 Å². The lowest BCUT2D eigenvalue weighted by Gasteiger charge is -2.35. The second-order valence-corrected chi connectivity index (χ2v) is 7.11. The number of nitrogens with zero attached hydrogens (tertiary/aromatic N) is 2. The number of carboxylic acid groups (broad SMARTS) is 1. The van der Waals surface area contributed by atoms with Gasteiger partial charge in [-0.05, 0) is 39.0 Å². The summed E-state index contributed by atoms with van der Waals surface area (Å²) in [5.41, 5.74) is 0.560. The summed E-state index contributed by atoms with van der Waals surface area (Å²) in [5, 5.41) is 11.6. The normalized spacial score (nSPS) is 14.5. The van der Waals surface area contributed by atoms with E-state index in [4.69, 9.17) is 14.6 Å². The first-order chi connectivity index (χ1) is 12.6. The van der Waals surface area contributed by atoms with E-state index in [0.717, 1.165) is 5.69 Å². The molecule has 1 saturated heterocycles. The van der Waals surface area contributed by atoms with Gasteiger partial charge in [0.15, 0.2) is 0 Å². The van der Waals surface area contributed by atoms with Crippen molar-refractivity contribution in [2.45, 2.75) is 26.4 Å². The number of anilines is 2. The molecule has 0 spiro atoms. The SMILES string of the molecule is COC(=O)c1ccc(N2CCN(C(=O)O)CC2)cc1NC(=O)OC(C)(C)C. The van der Waals surface area contributed by atoms with Gasteiger partial charge in [0.2, 0.25) is 0 Å². The van der Waals surface area contributed by atoms with Crippen molar-refractivity contribution in [2.75, 3.05) is 43.5 Å². The zero-order chi connectivity index (χ0) is 20.2. The molecular weight excluding hydrogens is 354 g/mol. The number of hydrogen-bond acceptors (Lipinski definition) is 6. The van der Waals surface area contributed by atoms with Crippen molar-refractivity contribution in [1.82, 2.24) is 4.90 Å². The highest BCUT2D eigenvalue weighted by Crippen LogP contribution is 2.26. The van der Waals surface area contributed by atoms with E-state index in [1.165, 1.54) is 12.0 Å². The third kappa shape index (κ3) is 5.50. The summed E-state index contributed by atoms with van der Waals surface area (Å²) in [6.07, 6.45) is -1.62. The molecule has 1 aliphatic heterocycles. The average Bonchev–Trinajstić information content (AvgIpc) is 2.59. The van der Waals surface area contributed by atoms with Crippen LogP contribution < -0.4 is 10.2 Å². The van der Waals surface area contributed by atoms with Crippen LogP contribution >= 0.6 is 0 Å². The zero-order valence-corrected chi connectivity index (χ0v) is 15.9. The molecule has 1 aliphatic rings. The second kappa shape index (κ2) is 8.15. The summed E-state index contributed by atoms with van der Waals surface area (Å²) in [7, 11) is 1.26. The number of methoxy groups -OCH3 is 1. The molecule has 9 heteroatoms. The number of nitrogens with one attached hydrogen (secondary N) is 1. The molecule has 0 radical (unpaired) electrons. The van der Waals surface area contributed by atoms with Crippen molar-refractivity contribution >= 4 is 29.5 Å². The third-order valence-corrected chi connectivity index (χ3v) is 3.96. The Hall–Kier alpha value is -2.97. The number of rotatable bonds is 3. The molecule has 1 fully saturated rings. The van der Waals surface area contributed by atoms with Crippen LogP contribution in [0, 0.1) is 0 Å². The molecule has 0 aromatic heterocycles. The first kappa shape index (κ1) is 20.3. The number of hydrogen-bond donors (Lipinski definition) is 2. The smallest absolute Gasteiger partial charge is 0.412 e. The third-order valence-electron chi connectivity index (χ3n) is 3.96. The summed E-state index contributed by atoms with van der Waals surface area (Å²) in [5.74, 6) is -0.580. The Morgan fingerprint density at radius 2 is 1.74 bits per heavy atom. The van der Waals surface area contributed by atoms with Crippen LogP contribution in [0.3, 0.4) is 0 Å². The van der Waals surface area contributed by atoms with Gasteiger partial charge in [-0.3, -0.25) is 5.32 Å². The Morgan fingerprint density at radius 3 is 2.26 bits per heavy atom. The lowest BCUT2D eigenvalue weighted by molar-refractivity contribution is 0.0601. The topological polar surface area (TPSA) is 108 Å². The van der Waals surface area contributed by atoms with E-state index in [2.05, 4.69) is 5.32 Å². The molecule has 0 bridgehead atoms. The Morgan fingerprint density at radius 1 is 1.11 bits per heavy atom. The molecule has 0 atom stereocenters. The van der Waals surface area contributed by atoms with E-state index in [1.807, 2.05) is 4.90 Å². The van der Waals surface area contributed by atoms with E-state index in [-0.39, 0.29) is 11.3 Å². The molecule has 27 heavy (non-hydrogen) atoms. The number of benzene rings is 1. The summed E-state index contributed by atoms with van der Waals surface area (Å²) in [6.45, 7) is 7.00. The highest BCUT2D eigenvalue weighted by molar-refractivity contribution is 6.00. The predicted octanol–water partition coefficient (Wildman–Crippen LogP) is 2.62. The predicted molar refractivity (Wildman–Crippen MR) is 99.4 cm³/mol. The van der Waals surface area contributed by atoms with E-state index < -0.39 is 23.8 Å². The van der Waals surface area contributed by atoms with Gasteiger partial charge in [-0.1, -0.05) is 0 Å². The van der Waals surface area contributed by atoms with Crippen molar-refractivity contribution in [3.05, 3.63) is 23.8 Å². The monoisotopic (exact) mass is 379 g/mol. The van der Waals surface area contributed by atoms with Gasteiger partial charge in [-0.2, -0.15) is 0 Å². The Kier molecular flexibility index (Phi) is 6.14. The maximum absolute atomic E-state index is 12.1. The molecule has 0 unspecified atom stereocenters. The minimum absolute atomic E-state index is 0.205. The standard InChI is InChI=1S/C18H25N3O6/c1-18(2,3)27-16(23)19-14-11-12(5-6-13(14)15(22)26-4)20-7-9-21(10-8-20)17(24)25/h5-6,11H,7-10H2,1-4H3,(H,19,23)(H,24,25). The van der Waals surface area contributed by atoms with Crippen molar-refractivity contribution in [2.24, 2.45) is 0 Å². The fourth-order valence-corrected chi connectivity index (χ4v) is 2.69. The zero-order valence-electron chi connectivity index (χ0n) is 15.9. The summed E-state index contributed by atoms with van der Waals surface area (Å²) in [6, 6.07) is 4.97. The van der Waals surface area contributed by atoms with Crippen LogP contribution in [0.5, 0.6) is 0 Å². The quantitative estimate of drug-likeness (QED) is 0.777. The van der Waals surface area contributed by atoms with Gasteiger partial charge in [0.05, 0.1) is 18.4 Å². The Labute approximate surface area is 157 Å². The number of piperazine rings is 1. The number of amides is 2. The van der Waals surface area contributed by atoms with Crippen molar-refractivity contribution in [3.63, 3.8) is 0 Å². The van der Waals surface area contributed by atoms with Crippen LogP contribution in [0.15, 0.2) is 18.2 Å². The number of ether oxygens (including phenoxy) is 2. The number of carbonyl (C=O) groups is 3. The van der Waals surface area contributed by atoms with Crippen LogP contribution in [-0.4, -0.2) is 67.1 Å². The number of carbonyl (C=O) groups excluding carboxylic acids is 2. The van der Waals surface area contributed by atoms with Crippen LogP contribution in [0.1, 0.15) is 31.1 Å². The summed E-state index contributed by atoms with van der Waals surface area (Å²) >= 11 is 0. The fraction of sp³-hybridized carbons (Fsp3) is 0.500. The van der Waals surface area contributed by atoms with Crippen molar-refractivity contribution in [1.29, 1.82) is 0 Å². The molecule has 2 N–H and O–H groups in total. The molecule has 9 nitrogen and oxygen atoms in total. The maximum Gasteiger partial charge on any atom is 0.412 e. The van der Waals surface area contributed by atoms with Crippen LogP contribution in [0.4, 0.5) is 21.0 Å². The minimum Gasteiger partial charge on any atom is -0.465 e. The van der Waals surface area contributed by atoms with E-state index in [1.54, 1.807) is 39.0 Å². The van der Waals surface area contributed by atoms with Gasteiger partial charge >= 0.3 is 18.2 Å². The molecule has 1 aromatic rings. The lowest BCUT2D eigenvalue weighted by atomic mass is 10.1. The molecule has 1 aromatic carbocycles. The van der Waals surface area contributed by atoms with Gasteiger partial charge in [0.1, 0.15) is 5.60 Å². The molecular formula is C18H25N3O6. The van der Waals surface area contributed by atoms with Crippen LogP contribution in [-0.2, 0) is 9.47 Å². The molecule has 148 valence electrons. The summed E-state index contributed by atoms with van der Waals surface area (Å²) < 4.78 is 10.0. The first-order valence-corrected chi connectivity index (χ1v) is 8.56. The first-order valence-electron chi connectivity index (χ1n) is 8.56. The largest absolute Gasteiger partial charge is 0.465 e. The fourth-order valence-electron chi connectivity index (χ4n) is 2.69. The van der Waals surface area contributed by atoms with Crippen molar-refractivity contribution in [3.8, 4) is 0 Å².